The molecule has 4 nitrogen and oxygen atoms in total. The smallest absolute Gasteiger partial charge is 0.255 e. The molecule has 2 N–H and O–H groups in total. The quantitative estimate of drug-likeness (QED) is 0.667. The van der Waals surface area contributed by atoms with Crippen molar-refractivity contribution >= 4 is 17.5 Å². The van der Waals surface area contributed by atoms with Gasteiger partial charge in [0.05, 0.1) is 6.04 Å². The Labute approximate surface area is 163 Å². The Balaban J connectivity index is 1.69. The van der Waals surface area contributed by atoms with E-state index in [0.29, 0.717) is 16.8 Å². The lowest BCUT2D eigenvalue weighted by atomic mass is 10.1. The molecule has 1 unspecified atom stereocenters. The van der Waals surface area contributed by atoms with Crippen LogP contribution in [-0.2, 0) is 0 Å². The number of rotatable bonds is 5. The van der Waals surface area contributed by atoms with E-state index in [1.54, 1.807) is 49.4 Å². The Hall–Kier alpha value is -3.47. The molecule has 0 radical (unpaired) electrons. The standard InChI is InChI=1S/C23H21FN2O2/c1-15-11-12-19(14-21(15)24)23(28)25-16(2)18-9-6-10-20(13-18)26-22(27)17-7-4-3-5-8-17/h3-14,16H,1-2H3,(H,25,28)(H,26,27). The van der Waals surface area contributed by atoms with E-state index in [1.165, 1.54) is 6.07 Å². The van der Waals surface area contributed by atoms with Crippen LogP contribution < -0.4 is 10.6 Å². The van der Waals surface area contributed by atoms with E-state index in [-0.39, 0.29) is 23.4 Å². The first kappa shape index (κ1) is 19.3. The van der Waals surface area contributed by atoms with E-state index < -0.39 is 5.82 Å². The Morgan fingerprint density at radius 3 is 2.32 bits per heavy atom. The zero-order chi connectivity index (χ0) is 20.1. The van der Waals surface area contributed by atoms with E-state index in [2.05, 4.69) is 10.6 Å². The summed E-state index contributed by atoms with van der Waals surface area (Å²) < 4.78 is 13.7. The minimum Gasteiger partial charge on any atom is -0.346 e. The molecule has 0 fully saturated rings. The first-order chi connectivity index (χ1) is 13.4. The van der Waals surface area contributed by atoms with Crippen LogP contribution in [0.3, 0.4) is 0 Å². The summed E-state index contributed by atoms with van der Waals surface area (Å²) in [5.74, 6) is -0.972. The molecule has 0 saturated carbocycles. The molecule has 0 aliphatic rings. The fourth-order valence-corrected chi connectivity index (χ4v) is 2.78. The molecule has 0 aromatic heterocycles. The molecule has 0 bridgehead atoms. The molecule has 0 spiro atoms. The van der Waals surface area contributed by atoms with Gasteiger partial charge < -0.3 is 10.6 Å². The SMILES string of the molecule is Cc1ccc(C(=O)NC(C)c2cccc(NC(=O)c3ccccc3)c2)cc1F. The zero-order valence-corrected chi connectivity index (χ0v) is 15.7. The molecular weight excluding hydrogens is 355 g/mol. The van der Waals surface area contributed by atoms with Gasteiger partial charge in [0.2, 0.25) is 0 Å². The lowest BCUT2D eigenvalue weighted by molar-refractivity contribution is 0.0938. The van der Waals surface area contributed by atoms with E-state index >= 15 is 0 Å². The molecule has 2 amide bonds. The molecular formula is C23H21FN2O2. The van der Waals surface area contributed by atoms with Crippen molar-refractivity contribution in [1.29, 1.82) is 0 Å². The Kier molecular flexibility index (Phi) is 5.84. The predicted octanol–water partition coefficient (Wildman–Crippen LogP) is 4.88. The van der Waals surface area contributed by atoms with E-state index in [9.17, 15) is 14.0 Å². The van der Waals surface area contributed by atoms with Crippen LogP contribution in [0.25, 0.3) is 0 Å². The number of benzene rings is 3. The van der Waals surface area contributed by atoms with Crippen LogP contribution in [0, 0.1) is 12.7 Å². The first-order valence-electron chi connectivity index (χ1n) is 8.97. The van der Waals surface area contributed by atoms with Gasteiger partial charge in [0, 0.05) is 16.8 Å². The van der Waals surface area contributed by atoms with Crippen molar-refractivity contribution in [2.75, 3.05) is 5.32 Å². The average Bonchev–Trinajstić information content (AvgIpc) is 2.70. The summed E-state index contributed by atoms with van der Waals surface area (Å²) in [6, 6.07) is 20.3. The van der Waals surface area contributed by atoms with Crippen LogP contribution in [0.2, 0.25) is 0 Å². The van der Waals surface area contributed by atoms with Gasteiger partial charge in [0.1, 0.15) is 5.82 Å². The number of halogens is 1. The van der Waals surface area contributed by atoms with Gasteiger partial charge in [-0.25, -0.2) is 4.39 Å². The summed E-state index contributed by atoms with van der Waals surface area (Å²) in [6.45, 7) is 3.48. The van der Waals surface area contributed by atoms with Crippen molar-refractivity contribution in [2.24, 2.45) is 0 Å². The number of carbonyl (C=O) groups is 2. The normalized spacial score (nSPS) is 11.5. The lowest BCUT2D eigenvalue weighted by Crippen LogP contribution is -2.26. The number of carbonyl (C=O) groups excluding carboxylic acids is 2. The van der Waals surface area contributed by atoms with Crippen molar-refractivity contribution in [1.82, 2.24) is 5.32 Å². The number of nitrogens with one attached hydrogen (secondary N) is 2. The molecule has 3 rings (SSSR count). The summed E-state index contributed by atoms with van der Waals surface area (Å²) in [5.41, 5.74) is 2.78. The van der Waals surface area contributed by atoms with Gasteiger partial charge >= 0.3 is 0 Å². The average molecular weight is 376 g/mol. The number of hydrogen-bond acceptors (Lipinski definition) is 2. The highest BCUT2D eigenvalue weighted by atomic mass is 19.1. The van der Waals surface area contributed by atoms with Crippen molar-refractivity contribution in [3.8, 4) is 0 Å². The predicted molar refractivity (Wildman–Crippen MR) is 108 cm³/mol. The molecule has 0 aliphatic carbocycles. The third-order valence-corrected chi connectivity index (χ3v) is 4.46. The third kappa shape index (κ3) is 4.62. The number of anilines is 1. The summed E-state index contributed by atoms with van der Waals surface area (Å²) in [7, 11) is 0. The fraction of sp³-hybridized carbons (Fsp3) is 0.130. The summed E-state index contributed by atoms with van der Waals surface area (Å²) in [5, 5.41) is 5.70. The largest absolute Gasteiger partial charge is 0.346 e. The molecule has 3 aromatic rings. The zero-order valence-electron chi connectivity index (χ0n) is 15.7. The van der Waals surface area contributed by atoms with E-state index in [0.717, 1.165) is 5.56 Å². The minimum atomic E-state index is -0.411. The van der Waals surface area contributed by atoms with Gasteiger partial charge in [0.15, 0.2) is 0 Å². The van der Waals surface area contributed by atoms with Crippen LogP contribution in [0.1, 0.15) is 44.8 Å². The second kappa shape index (κ2) is 8.48. The van der Waals surface area contributed by atoms with Gasteiger partial charge in [-0.15, -0.1) is 0 Å². The van der Waals surface area contributed by atoms with Gasteiger partial charge in [-0.05, 0) is 61.4 Å². The van der Waals surface area contributed by atoms with Crippen molar-refractivity contribution < 1.29 is 14.0 Å². The molecule has 142 valence electrons. The van der Waals surface area contributed by atoms with Crippen LogP contribution in [0.4, 0.5) is 10.1 Å². The van der Waals surface area contributed by atoms with E-state index in [1.807, 2.05) is 31.2 Å². The Morgan fingerprint density at radius 1 is 0.857 bits per heavy atom. The third-order valence-electron chi connectivity index (χ3n) is 4.46. The lowest BCUT2D eigenvalue weighted by Gasteiger charge is -2.16. The van der Waals surface area contributed by atoms with Crippen molar-refractivity contribution in [3.05, 3.63) is 101 Å². The van der Waals surface area contributed by atoms with E-state index in [4.69, 9.17) is 0 Å². The highest BCUT2D eigenvalue weighted by molar-refractivity contribution is 6.04. The van der Waals surface area contributed by atoms with Gasteiger partial charge in [-0.1, -0.05) is 36.4 Å². The maximum absolute atomic E-state index is 13.7. The number of aryl methyl sites for hydroxylation is 1. The highest BCUT2D eigenvalue weighted by Gasteiger charge is 2.14. The Morgan fingerprint density at radius 2 is 1.61 bits per heavy atom. The fourth-order valence-electron chi connectivity index (χ4n) is 2.78. The van der Waals surface area contributed by atoms with Crippen molar-refractivity contribution in [3.63, 3.8) is 0 Å². The highest BCUT2D eigenvalue weighted by Crippen LogP contribution is 2.19. The van der Waals surface area contributed by atoms with Gasteiger partial charge in [-0.2, -0.15) is 0 Å². The van der Waals surface area contributed by atoms with Crippen LogP contribution in [-0.4, -0.2) is 11.8 Å². The molecule has 3 aromatic carbocycles. The summed E-state index contributed by atoms with van der Waals surface area (Å²) >= 11 is 0. The molecule has 0 saturated heterocycles. The summed E-state index contributed by atoms with van der Waals surface area (Å²) in [6.07, 6.45) is 0. The second-order valence-electron chi connectivity index (χ2n) is 6.60. The van der Waals surface area contributed by atoms with Gasteiger partial charge in [-0.3, -0.25) is 9.59 Å². The monoisotopic (exact) mass is 376 g/mol. The number of hydrogen-bond donors (Lipinski definition) is 2. The van der Waals surface area contributed by atoms with Crippen LogP contribution in [0.15, 0.2) is 72.8 Å². The maximum atomic E-state index is 13.7. The van der Waals surface area contributed by atoms with Crippen LogP contribution >= 0.6 is 0 Å². The van der Waals surface area contributed by atoms with Crippen molar-refractivity contribution in [2.45, 2.75) is 19.9 Å². The topological polar surface area (TPSA) is 58.2 Å². The molecule has 0 aliphatic heterocycles. The molecule has 1 atom stereocenters. The molecule has 28 heavy (non-hydrogen) atoms. The van der Waals surface area contributed by atoms with Gasteiger partial charge in [0.25, 0.3) is 11.8 Å². The number of amides is 2. The first-order valence-corrected chi connectivity index (χ1v) is 8.97. The second-order valence-corrected chi connectivity index (χ2v) is 6.60. The van der Waals surface area contributed by atoms with Crippen LogP contribution in [0.5, 0.6) is 0 Å². The maximum Gasteiger partial charge on any atom is 0.255 e. The Bertz CT molecular complexity index is 1000. The minimum absolute atomic E-state index is 0.204. The molecule has 5 heteroatoms. The summed E-state index contributed by atoms with van der Waals surface area (Å²) in [4.78, 5) is 24.7. The molecule has 0 heterocycles.